The number of likely N-dealkylation sites (tertiary alicyclic amines) is 1. The molecule has 1 aliphatic heterocycles. The minimum Gasteiger partial charge on any atom is -0.334 e. The Morgan fingerprint density at radius 1 is 0.967 bits per heavy atom. The molecule has 7 nitrogen and oxygen atoms in total. The molecule has 0 aliphatic carbocycles. The van der Waals surface area contributed by atoms with Crippen LogP contribution >= 0.6 is 0 Å². The van der Waals surface area contributed by atoms with Crippen LogP contribution in [-0.4, -0.2) is 39.7 Å². The summed E-state index contributed by atoms with van der Waals surface area (Å²) in [6, 6.07) is 19.2. The molecule has 0 spiro atoms. The summed E-state index contributed by atoms with van der Waals surface area (Å²) in [6.45, 7) is 1.56. The molecule has 3 aromatic rings. The highest BCUT2D eigenvalue weighted by atomic mass is 16.2. The van der Waals surface area contributed by atoms with Crippen molar-refractivity contribution in [3.05, 3.63) is 78.6 Å². The van der Waals surface area contributed by atoms with Gasteiger partial charge in [-0.3, -0.25) is 4.79 Å². The van der Waals surface area contributed by atoms with Crippen LogP contribution in [0.25, 0.3) is 5.69 Å². The molecular weight excluding hydrogens is 378 g/mol. The van der Waals surface area contributed by atoms with Crippen molar-refractivity contribution in [2.75, 3.05) is 18.4 Å². The summed E-state index contributed by atoms with van der Waals surface area (Å²) in [7, 11) is 0. The molecule has 1 fully saturated rings. The van der Waals surface area contributed by atoms with Gasteiger partial charge in [-0.25, -0.2) is 9.48 Å². The Morgan fingerprint density at radius 2 is 1.63 bits per heavy atom. The summed E-state index contributed by atoms with van der Waals surface area (Å²) >= 11 is 0. The normalized spacial score (nSPS) is 14.3. The number of benzene rings is 2. The molecular formula is C23H25N5O2. The Kier molecular flexibility index (Phi) is 6.08. The highest BCUT2D eigenvalue weighted by molar-refractivity contribution is 5.92. The maximum atomic E-state index is 12.5. The molecule has 2 heterocycles. The molecule has 3 amide bonds. The van der Waals surface area contributed by atoms with Gasteiger partial charge in [-0.1, -0.05) is 36.4 Å². The van der Waals surface area contributed by atoms with Crippen molar-refractivity contribution in [3.8, 4) is 5.69 Å². The summed E-state index contributed by atoms with van der Waals surface area (Å²) in [6.07, 6.45) is 5.00. The molecule has 1 saturated heterocycles. The summed E-state index contributed by atoms with van der Waals surface area (Å²) in [5.41, 5.74) is 2.72. The van der Waals surface area contributed by atoms with Gasteiger partial charge in [0.15, 0.2) is 0 Å². The van der Waals surface area contributed by atoms with Crippen molar-refractivity contribution in [1.82, 2.24) is 20.0 Å². The molecule has 2 N–H and O–H groups in total. The Bertz CT molecular complexity index is 979. The van der Waals surface area contributed by atoms with E-state index >= 15 is 0 Å². The number of hydrogen-bond donors (Lipinski definition) is 2. The van der Waals surface area contributed by atoms with Crippen LogP contribution in [0.3, 0.4) is 0 Å². The molecule has 4 rings (SSSR count). The van der Waals surface area contributed by atoms with Gasteiger partial charge >= 0.3 is 6.03 Å². The average molecular weight is 403 g/mol. The number of piperidine rings is 1. The van der Waals surface area contributed by atoms with E-state index in [0.717, 1.165) is 16.9 Å². The van der Waals surface area contributed by atoms with E-state index in [-0.39, 0.29) is 17.9 Å². The number of nitrogens with zero attached hydrogens (tertiary/aromatic N) is 3. The van der Waals surface area contributed by atoms with Crippen molar-refractivity contribution < 1.29 is 9.59 Å². The first-order valence-electron chi connectivity index (χ1n) is 10.2. The Hall–Kier alpha value is -3.61. The zero-order valence-electron chi connectivity index (χ0n) is 16.7. The number of rotatable bonds is 5. The maximum Gasteiger partial charge on any atom is 0.317 e. The lowest BCUT2D eigenvalue weighted by Gasteiger charge is -2.31. The van der Waals surface area contributed by atoms with Crippen LogP contribution in [0, 0.1) is 5.92 Å². The highest BCUT2D eigenvalue weighted by Crippen LogP contribution is 2.19. The highest BCUT2D eigenvalue weighted by Gasteiger charge is 2.27. The first kappa shape index (κ1) is 19.7. The first-order valence-corrected chi connectivity index (χ1v) is 10.2. The smallest absolute Gasteiger partial charge is 0.317 e. The topological polar surface area (TPSA) is 79.3 Å². The van der Waals surface area contributed by atoms with Gasteiger partial charge in [-0.05, 0) is 37.1 Å². The second-order valence-electron chi connectivity index (χ2n) is 7.40. The molecule has 0 bridgehead atoms. The standard InChI is InChI=1S/C23H25N5O2/c29-22(26-20-7-3-1-4-8-20)19-11-13-27(14-12-19)23(30)24-15-18-16-25-28(17-18)21-9-5-2-6-10-21/h1-10,16-17,19H,11-15H2,(H,24,30)(H,26,29). The van der Waals surface area contributed by atoms with Gasteiger partial charge in [-0.2, -0.15) is 5.10 Å². The van der Waals surface area contributed by atoms with E-state index in [9.17, 15) is 9.59 Å². The molecule has 154 valence electrons. The van der Waals surface area contributed by atoms with Crippen molar-refractivity contribution in [2.24, 2.45) is 5.92 Å². The van der Waals surface area contributed by atoms with Gasteiger partial charge in [0.05, 0.1) is 11.9 Å². The third-order valence-electron chi connectivity index (χ3n) is 5.29. The summed E-state index contributed by atoms with van der Waals surface area (Å²) in [4.78, 5) is 26.7. The molecule has 1 aromatic heterocycles. The van der Waals surface area contributed by atoms with Gasteiger partial charge in [0.2, 0.25) is 5.91 Å². The van der Waals surface area contributed by atoms with E-state index in [1.165, 1.54) is 0 Å². The minimum atomic E-state index is -0.107. The van der Waals surface area contributed by atoms with Gasteiger partial charge in [0.25, 0.3) is 0 Å². The minimum absolute atomic E-state index is 0.0228. The number of nitrogens with one attached hydrogen (secondary N) is 2. The van der Waals surface area contributed by atoms with Crippen LogP contribution in [0.4, 0.5) is 10.5 Å². The number of amides is 3. The summed E-state index contributed by atoms with van der Waals surface area (Å²) < 4.78 is 1.79. The fourth-order valence-electron chi connectivity index (χ4n) is 3.57. The SMILES string of the molecule is O=C(Nc1ccccc1)C1CCN(C(=O)NCc2cnn(-c3ccccc3)c2)CC1. The number of urea groups is 1. The number of anilines is 1. The van der Waals surface area contributed by atoms with Crippen LogP contribution in [0.2, 0.25) is 0 Å². The first-order chi connectivity index (χ1) is 14.7. The Morgan fingerprint density at radius 3 is 2.33 bits per heavy atom. The van der Waals surface area contributed by atoms with E-state index < -0.39 is 0 Å². The fraction of sp³-hybridized carbons (Fsp3) is 0.261. The molecule has 0 radical (unpaired) electrons. The largest absolute Gasteiger partial charge is 0.334 e. The number of hydrogen-bond acceptors (Lipinski definition) is 3. The van der Waals surface area contributed by atoms with Crippen LogP contribution < -0.4 is 10.6 Å². The van der Waals surface area contributed by atoms with Crippen LogP contribution in [-0.2, 0) is 11.3 Å². The lowest BCUT2D eigenvalue weighted by atomic mass is 9.96. The zero-order valence-corrected chi connectivity index (χ0v) is 16.7. The lowest BCUT2D eigenvalue weighted by molar-refractivity contribution is -0.121. The predicted octanol–water partition coefficient (Wildman–Crippen LogP) is 3.43. The molecule has 30 heavy (non-hydrogen) atoms. The molecule has 0 saturated carbocycles. The van der Waals surface area contributed by atoms with Crippen molar-refractivity contribution in [1.29, 1.82) is 0 Å². The molecule has 7 heteroatoms. The number of carbonyl (C=O) groups excluding carboxylic acids is 2. The summed E-state index contributed by atoms with van der Waals surface area (Å²) in [5.74, 6) is -0.0482. The monoisotopic (exact) mass is 403 g/mol. The van der Waals surface area contributed by atoms with Gasteiger partial charge in [0.1, 0.15) is 0 Å². The number of aromatic nitrogens is 2. The lowest BCUT2D eigenvalue weighted by Crippen LogP contribution is -2.45. The molecule has 0 atom stereocenters. The second-order valence-corrected chi connectivity index (χ2v) is 7.40. The third-order valence-corrected chi connectivity index (χ3v) is 5.29. The van der Waals surface area contributed by atoms with E-state index in [0.29, 0.717) is 32.5 Å². The van der Waals surface area contributed by atoms with E-state index in [4.69, 9.17) is 0 Å². The fourth-order valence-corrected chi connectivity index (χ4v) is 3.57. The van der Waals surface area contributed by atoms with Crippen LogP contribution in [0.15, 0.2) is 73.1 Å². The zero-order chi connectivity index (χ0) is 20.8. The van der Waals surface area contributed by atoms with Gasteiger partial charge in [0, 0.05) is 43.0 Å². The molecule has 1 aliphatic rings. The van der Waals surface area contributed by atoms with Crippen molar-refractivity contribution in [3.63, 3.8) is 0 Å². The number of carbonyl (C=O) groups is 2. The molecule has 0 unspecified atom stereocenters. The average Bonchev–Trinajstić information content (AvgIpc) is 3.28. The number of para-hydroxylation sites is 2. The van der Waals surface area contributed by atoms with Crippen LogP contribution in [0.1, 0.15) is 18.4 Å². The second kappa shape index (κ2) is 9.26. The van der Waals surface area contributed by atoms with Crippen LogP contribution in [0.5, 0.6) is 0 Å². The predicted molar refractivity (Wildman–Crippen MR) is 115 cm³/mol. The van der Waals surface area contributed by atoms with Gasteiger partial charge < -0.3 is 15.5 Å². The van der Waals surface area contributed by atoms with Gasteiger partial charge in [-0.15, -0.1) is 0 Å². The summed E-state index contributed by atoms with van der Waals surface area (Å²) in [5, 5.41) is 10.2. The molecule has 2 aromatic carbocycles. The van der Waals surface area contributed by atoms with E-state index in [1.807, 2.05) is 66.9 Å². The van der Waals surface area contributed by atoms with E-state index in [2.05, 4.69) is 15.7 Å². The Labute approximate surface area is 175 Å². The third kappa shape index (κ3) is 4.86. The Balaban J connectivity index is 1.23. The van der Waals surface area contributed by atoms with Crippen molar-refractivity contribution in [2.45, 2.75) is 19.4 Å². The quantitative estimate of drug-likeness (QED) is 0.685. The van der Waals surface area contributed by atoms with Crippen molar-refractivity contribution >= 4 is 17.6 Å². The van der Waals surface area contributed by atoms with E-state index in [1.54, 1.807) is 15.8 Å². The maximum absolute atomic E-state index is 12.5.